The van der Waals surface area contributed by atoms with Crippen molar-refractivity contribution in [3.8, 4) is 0 Å². The van der Waals surface area contributed by atoms with Gasteiger partial charge in [0.2, 0.25) is 0 Å². The van der Waals surface area contributed by atoms with E-state index in [0.29, 0.717) is 18.5 Å². The molecule has 0 fully saturated rings. The molecule has 0 aromatic heterocycles. The van der Waals surface area contributed by atoms with E-state index in [4.69, 9.17) is 0 Å². The van der Waals surface area contributed by atoms with Crippen molar-refractivity contribution < 1.29 is 14.8 Å². The van der Waals surface area contributed by atoms with Gasteiger partial charge in [-0.2, -0.15) is 0 Å². The van der Waals surface area contributed by atoms with E-state index < -0.39 is 10.5 Å². The Morgan fingerprint density at radius 1 is 1.47 bits per heavy atom. The van der Waals surface area contributed by atoms with Crippen LogP contribution in [0.25, 0.3) is 0 Å². The van der Waals surface area contributed by atoms with Crippen LogP contribution < -0.4 is 4.90 Å². The predicted molar refractivity (Wildman–Crippen MR) is 72.7 cm³/mol. The Bertz CT molecular complexity index is 480. The zero-order chi connectivity index (χ0) is 14.6. The first kappa shape index (κ1) is 15.1. The molecule has 1 aromatic rings. The van der Waals surface area contributed by atoms with E-state index in [-0.39, 0.29) is 17.8 Å². The van der Waals surface area contributed by atoms with Crippen LogP contribution in [0.3, 0.4) is 0 Å². The lowest BCUT2D eigenvalue weighted by Crippen LogP contribution is -2.38. The number of benzene rings is 1. The number of carbonyl (C=O) groups is 1. The second kappa shape index (κ2) is 5.79. The Kier molecular flexibility index (Phi) is 4.61. The number of aldehydes is 1. The van der Waals surface area contributed by atoms with Crippen LogP contribution in [0, 0.1) is 10.1 Å². The fourth-order valence-corrected chi connectivity index (χ4v) is 1.86. The molecule has 0 atom stereocenters. The highest BCUT2D eigenvalue weighted by atomic mass is 16.6. The highest BCUT2D eigenvalue weighted by Crippen LogP contribution is 2.29. The molecule has 1 aromatic carbocycles. The standard InChI is InChI=1S/C13H18N2O4/c1-4-14(9-13(2,3)17)11-6-5-10(8-16)7-12(11)15(18)19/h5-8,17H,4,9H2,1-3H3. The first-order valence-electron chi connectivity index (χ1n) is 5.99. The summed E-state index contributed by atoms with van der Waals surface area (Å²) in [6.45, 7) is 5.92. The van der Waals surface area contributed by atoms with E-state index in [1.54, 1.807) is 18.7 Å². The maximum absolute atomic E-state index is 11.1. The summed E-state index contributed by atoms with van der Waals surface area (Å²) in [5, 5.41) is 20.9. The van der Waals surface area contributed by atoms with Gasteiger partial charge in [-0.25, -0.2) is 0 Å². The van der Waals surface area contributed by atoms with Crippen molar-refractivity contribution in [2.75, 3.05) is 18.0 Å². The molecule has 0 amide bonds. The molecule has 0 heterocycles. The minimum atomic E-state index is -0.965. The molecule has 0 saturated heterocycles. The minimum absolute atomic E-state index is 0.129. The minimum Gasteiger partial charge on any atom is -0.389 e. The van der Waals surface area contributed by atoms with E-state index in [9.17, 15) is 20.0 Å². The quantitative estimate of drug-likeness (QED) is 0.483. The number of hydrogen-bond acceptors (Lipinski definition) is 5. The van der Waals surface area contributed by atoms with Crippen molar-refractivity contribution >= 4 is 17.7 Å². The molecule has 0 radical (unpaired) electrons. The molecule has 0 aliphatic carbocycles. The lowest BCUT2D eigenvalue weighted by Gasteiger charge is -2.29. The highest BCUT2D eigenvalue weighted by Gasteiger charge is 2.24. The van der Waals surface area contributed by atoms with Crippen molar-refractivity contribution in [2.24, 2.45) is 0 Å². The number of anilines is 1. The Morgan fingerprint density at radius 3 is 2.53 bits per heavy atom. The van der Waals surface area contributed by atoms with Gasteiger partial charge in [-0.1, -0.05) is 0 Å². The molecule has 0 unspecified atom stereocenters. The summed E-state index contributed by atoms with van der Waals surface area (Å²) in [4.78, 5) is 23.0. The Morgan fingerprint density at radius 2 is 2.11 bits per heavy atom. The largest absolute Gasteiger partial charge is 0.389 e. The molecule has 1 rings (SSSR count). The van der Waals surface area contributed by atoms with Gasteiger partial charge >= 0.3 is 0 Å². The van der Waals surface area contributed by atoms with Crippen LogP contribution >= 0.6 is 0 Å². The lowest BCUT2D eigenvalue weighted by atomic mass is 10.1. The molecule has 104 valence electrons. The molecule has 19 heavy (non-hydrogen) atoms. The SMILES string of the molecule is CCN(CC(C)(C)O)c1ccc(C=O)cc1[N+](=O)[O-]. The topological polar surface area (TPSA) is 83.7 Å². The number of nitro groups is 1. The van der Waals surface area contributed by atoms with Crippen LogP contribution in [0.4, 0.5) is 11.4 Å². The maximum atomic E-state index is 11.1. The number of nitro benzene ring substituents is 1. The molecule has 1 N–H and O–H groups in total. The van der Waals surface area contributed by atoms with Crippen molar-refractivity contribution in [3.63, 3.8) is 0 Å². The molecule has 0 bridgehead atoms. The second-order valence-electron chi connectivity index (χ2n) is 4.95. The zero-order valence-corrected chi connectivity index (χ0v) is 11.3. The Balaban J connectivity index is 3.23. The zero-order valence-electron chi connectivity index (χ0n) is 11.3. The van der Waals surface area contributed by atoms with E-state index in [2.05, 4.69) is 0 Å². The lowest BCUT2D eigenvalue weighted by molar-refractivity contribution is -0.384. The summed E-state index contributed by atoms with van der Waals surface area (Å²) < 4.78 is 0. The second-order valence-corrected chi connectivity index (χ2v) is 4.95. The van der Waals surface area contributed by atoms with Gasteiger partial charge in [0.05, 0.1) is 10.5 Å². The number of carbonyl (C=O) groups excluding carboxylic acids is 1. The van der Waals surface area contributed by atoms with Crippen molar-refractivity contribution in [1.82, 2.24) is 0 Å². The fraction of sp³-hybridized carbons (Fsp3) is 0.462. The number of rotatable bonds is 6. The number of hydrogen-bond donors (Lipinski definition) is 1. The monoisotopic (exact) mass is 266 g/mol. The van der Waals surface area contributed by atoms with Crippen molar-refractivity contribution in [2.45, 2.75) is 26.4 Å². The van der Waals surface area contributed by atoms with Gasteiger partial charge in [-0.3, -0.25) is 14.9 Å². The number of aliphatic hydroxyl groups is 1. The van der Waals surface area contributed by atoms with Crippen LogP contribution in [0.5, 0.6) is 0 Å². The Labute approximate surface area is 111 Å². The number of nitrogens with zero attached hydrogens (tertiary/aromatic N) is 2. The van der Waals surface area contributed by atoms with Gasteiger partial charge in [-0.05, 0) is 32.9 Å². The normalized spacial score (nSPS) is 11.2. The van der Waals surface area contributed by atoms with E-state index in [1.165, 1.54) is 18.2 Å². The van der Waals surface area contributed by atoms with Gasteiger partial charge in [-0.15, -0.1) is 0 Å². The van der Waals surface area contributed by atoms with Crippen LogP contribution in [0.1, 0.15) is 31.1 Å². The molecular formula is C13H18N2O4. The van der Waals surface area contributed by atoms with Crippen LogP contribution in [-0.4, -0.2) is 35.0 Å². The molecule has 0 spiro atoms. The first-order chi connectivity index (χ1) is 8.78. The predicted octanol–water partition coefficient (Wildman–Crippen LogP) is 2.00. The smallest absolute Gasteiger partial charge is 0.293 e. The summed E-state index contributed by atoms with van der Waals surface area (Å²) in [6.07, 6.45) is 0.572. The summed E-state index contributed by atoms with van der Waals surface area (Å²) in [7, 11) is 0. The summed E-state index contributed by atoms with van der Waals surface area (Å²) in [6, 6.07) is 4.31. The third-order valence-electron chi connectivity index (χ3n) is 2.63. The van der Waals surface area contributed by atoms with Gasteiger partial charge in [0.1, 0.15) is 12.0 Å². The van der Waals surface area contributed by atoms with E-state index >= 15 is 0 Å². The molecular weight excluding hydrogens is 248 g/mol. The van der Waals surface area contributed by atoms with Gasteiger partial charge in [0.15, 0.2) is 0 Å². The highest BCUT2D eigenvalue weighted by molar-refractivity contribution is 5.79. The third-order valence-corrected chi connectivity index (χ3v) is 2.63. The average molecular weight is 266 g/mol. The molecule has 6 heteroatoms. The average Bonchev–Trinajstić information content (AvgIpc) is 2.34. The van der Waals surface area contributed by atoms with Gasteiger partial charge in [0, 0.05) is 24.7 Å². The summed E-state index contributed by atoms with van der Waals surface area (Å²) >= 11 is 0. The van der Waals surface area contributed by atoms with Crippen LogP contribution in [-0.2, 0) is 0 Å². The van der Waals surface area contributed by atoms with Gasteiger partial charge < -0.3 is 10.0 Å². The Hall–Kier alpha value is -1.95. The van der Waals surface area contributed by atoms with Crippen molar-refractivity contribution in [1.29, 1.82) is 0 Å². The van der Waals surface area contributed by atoms with E-state index in [0.717, 1.165) is 0 Å². The van der Waals surface area contributed by atoms with Gasteiger partial charge in [0.25, 0.3) is 5.69 Å². The van der Waals surface area contributed by atoms with E-state index in [1.807, 2.05) is 6.92 Å². The number of likely N-dealkylation sites (N-methyl/N-ethyl adjacent to an activating group) is 1. The summed E-state index contributed by atoms with van der Waals surface area (Å²) in [5.41, 5.74) is -0.432. The van der Waals surface area contributed by atoms with Crippen LogP contribution in [0.2, 0.25) is 0 Å². The maximum Gasteiger partial charge on any atom is 0.293 e. The molecule has 0 saturated carbocycles. The van der Waals surface area contributed by atoms with Crippen molar-refractivity contribution in [3.05, 3.63) is 33.9 Å². The first-order valence-corrected chi connectivity index (χ1v) is 5.99. The molecule has 0 aliphatic rings. The van der Waals surface area contributed by atoms with Crippen LogP contribution in [0.15, 0.2) is 18.2 Å². The summed E-state index contributed by atoms with van der Waals surface area (Å²) in [5.74, 6) is 0. The molecule has 0 aliphatic heterocycles. The third kappa shape index (κ3) is 4.03. The fourth-order valence-electron chi connectivity index (χ4n) is 1.86. The molecule has 6 nitrogen and oxygen atoms in total.